The fourth-order valence-electron chi connectivity index (χ4n) is 3.44. The Morgan fingerprint density at radius 3 is 2.09 bits per heavy atom. The lowest BCUT2D eigenvalue weighted by molar-refractivity contribution is -0.0433. The first-order valence-corrected chi connectivity index (χ1v) is 10.8. The second kappa shape index (κ2) is 9.24. The number of fused-ring (bicyclic) bond motifs is 1. The molecule has 0 bridgehead atoms. The van der Waals surface area contributed by atoms with Crippen LogP contribution in [0.5, 0.6) is 0 Å². The van der Waals surface area contributed by atoms with E-state index in [-0.39, 0.29) is 11.5 Å². The van der Waals surface area contributed by atoms with Gasteiger partial charge >= 0.3 is 0 Å². The van der Waals surface area contributed by atoms with E-state index in [0.29, 0.717) is 0 Å². The SMILES string of the molecule is CCCCCCCCCCCC1CCN2CCC2OS1(=O)=O. The average molecular weight is 332 g/mol. The molecule has 0 aromatic carbocycles. The Balaban J connectivity index is 1.56. The lowest BCUT2D eigenvalue weighted by Crippen LogP contribution is -2.48. The van der Waals surface area contributed by atoms with E-state index in [0.717, 1.165) is 45.2 Å². The lowest BCUT2D eigenvalue weighted by atomic mass is 10.0. The van der Waals surface area contributed by atoms with Crippen molar-refractivity contribution in [3.05, 3.63) is 0 Å². The molecule has 2 unspecified atom stereocenters. The van der Waals surface area contributed by atoms with Crippen LogP contribution < -0.4 is 0 Å². The summed E-state index contributed by atoms with van der Waals surface area (Å²) in [7, 11) is -3.34. The number of unbranched alkanes of at least 4 members (excludes halogenated alkanes) is 8. The summed E-state index contributed by atoms with van der Waals surface area (Å²) in [5.74, 6) is 0. The highest BCUT2D eigenvalue weighted by Gasteiger charge is 2.40. The van der Waals surface area contributed by atoms with Crippen molar-refractivity contribution in [1.29, 1.82) is 0 Å². The van der Waals surface area contributed by atoms with Crippen LogP contribution in [-0.2, 0) is 14.3 Å². The van der Waals surface area contributed by atoms with Gasteiger partial charge in [-0.1, -0.05) is 64.7 Å². The molecule has 2 rings (SSSR count). The van der Waals surface area contributed by atoms with Gasteiger partial charge in [0, 0.05) is 19.5 Å². The van der Waals surface area contributed by atoms with E-state index >= 15 is 0 Å². The van der Waals surface area contributed by atoms with Gasteiger partial charge < -0.3 is 0 Å². The predicted octanol–water partition coefficient (Wildman–Crippen LogP) is 4.06. The van der Waals surface area contributed by atoms with E-state index in [1.165, 1.54) is 44.9 Å². The van der Waals surface area contributed by atoms with Gasteiger partial charge in [-0.15, -0.1) is 0 Å². The number of nitrogens with zero attached hydrogens (tertiary/aromatic N) is 1. The maximum atomic E-state index is 12.2. The van der Waals surface area contributed by atoms with E-state index in [2.05, 4.69) is 11.8 Å². The molecule has 22 heavy (non-hydrogen) atoms. The molecule has 0 N–H and O–H groups in total. The van der Waals surface area contributed by atoms with Crippen LogP contribution in [0, 0.1) is 0 Å². The van der Waals surface area contributed by atoms with Gasteiger partial charge in [-0.2, -0.15) is 8.42 Å². The standard InChI is InChI=1S/C17H33NO3S/c1-2-3-4-5-6-7-8-9-10-11-16-12-14-18-15-13-17(18)21-22(16,19)20/h16-17H,2-15H2,1H3. The molecule has 2 fully saturated rings. The van der Waals surface area contributed by atoms with Gasteiger partial charge in [-0.25, -0.2) is 0 Å². The minimum Gasteiger partial charge on any atom is -0.277 e. The summed E-state index contributed by atoms with van der Waals surface area (Å²) < 4.78 is 29.8. The highest BCUT2D eigenvalue weighted by molar-refractivity contribution is 7.87. The Morgan fingerprint density at radius 1 is 0.909 bits per heavy atom. The molecule has 2 aliphatic heterocycles. The maximum absolute atomic E-state index is 12.2. The third-order valence-corrected chi connectivity index (χ3v) is 6.87. The topological polar surface area (TPSA) is 46.6 Å². The van der Waals surface area contributed by atoms with Crippen molar-refractivity contribution in [2.75, 3.05) is 13.1 Å². The molecule has 0 spiro atoms. The van der Waals surface area contributed by atoms with Crippen LogP contribution in [0.3, 0.4) is 0 Å². The third-order valence-electron chi connectivity index (χ3n) is 5.09. The summed E-state index contributed by atoms with van der Waals surface area (Å²) in [6, 6.07) is 0. The van der Waals surface area contributed by atoms with Crippen LogP contribution in [0.25, 0.3) is 0 Å². The molecule has 2 saturated heterocycles. The van der Waals surface area contributed by atoms with Crippen molar-refractivity contribution in [2.24, 2.45) is 0 Å². The summed E-state index contributed by atoms with van der Waals surface area (Å²) in [5.41, 5.74) is 0. The van der Waals surface area contributed by atoms with Crippen molar-refractivity contribution in [2.45, 2.75) is 95.5 Å². The Bertz CT molecular complexity index is 410. The van der Waals surface area contributed by atoms with E-state index in [1.807, 2.05) is 0 Å². The zero-order valence-electron chi connectivity index (χ0n) is 14.1. The molecule has 5 heteroatoms. The van der Waals surface area contributed by atoms with Crippen molar-refractivity contribution in [3.63, 3.8) is 0 Å². The first kappa shape index (κ1) is 18.2. The zero-order chi connectivity index (χ0) is 15.8. The van der Waals surface area contributed by atoms with Gasteiger partial charge in [0.2, 0.25) is 0 Å². The maximum Gasteiger partial charge on any atom is 0.271 e. The highest BCUT2D eigenvalue weighted by atomic mass is 32.2. The Labute approximate surface area is 136 Å². The van der Waals surface area contributed by atoms with Crippen molar-refractivity contribution >= 4 is 10.1 Å². The first-order chi connectivity index (χ1) is 10.6. The van der Waals surface area contributed by atoms with Gasteiger partial charge in [-0.05, 0) is 12.8 Å². The van der Waals surface area contributed by atoms with Crippen LogP contribution in [0.2, 0.25) is 0 Å². The molecule has 2 atom stereocenters. The lowest BCUT2D eigenvalue weighted by Gasteiger charge is -2.37. The van der Waals surface area contributed by atoms with E-state index in [1.54, 1.807) is 0 Å². The van der Waals surface area contributed by atoms with Gasteiger partial charge in [0.05, 0.1) is 5.25 Å². The Kier molecular flexibility index (Phi) is 7.65. The summed E-state index contributed by atoms with van der Waals surface area (Å²) in [6.07, 6.45) is 13.7. The van der Waals surface area contributed by atoms with Crippen LogP contribution in [0.1, 0.15) is 84.0 Å². The summed E-state index contributed by atoms with van der Waals surface area (Å²) in [5, 5.41) is -0.275. The van der Waals surface area contributed by atoms with E-state index < -0.39 is 10.1 Å². The van der Waals surface area contributed by atoms with Gasteiger partial charge in [0.25, 0.3) is 10.1 Å². The largest absolute Gasteiger partial charge is 0.277 e. The normalized spacial score (nSPS) is 27.9. The van der Waals surface area contributed by atoms with Gasteiger partial charge in [-0.3, -0.25) is 9.08 Å². The van der Waals surface area contributed by atoms with Crippen LogP contribution in [-0.4, -0.2) is 37.9 Å². The zero-order valence-corrected chi connectivity index (χ0v) is 15.0. The monoisotopic (exact) mass is 331 g/mol. The quantitative estimate of drug-likeness (QED) is 0.447. The molecule has 130 valence electrons. The average Bonchev–Trinajstić information content (AvgIpc) is 2.55. The van der Waals surface area contributed by atoms with Crippen molar-refractivity contribution in [3.8, 4) is 0 Å². The predicted molar refractivity (Wildman–Crippen MR) is 90.2 cm³/mol. The van der Waals surface area contributed by atoms with E-state index in [9.17, 15) is 8.42 Å². The molecule has 2 aliphatic rings. The van der Waals surface area contributed by atoms with Crippen LogP contribution >= 0.6 is 0 Å². The third kappa shape index (κ3) is 5.50. The first-order valence-electron chi connectivity index (χ1n) is 9.29. The number of rotatable bonds is 10. The molecule has 4 nitrogen and oxygen atoms in total. The van der Waals surface area contributed by atoms with E-state index in [4.69, 9.17) is 4.18 Å². The smallest absolute Gasteiger partial charge is 0.271 e. The summed E-state index contributed by atoms with van der Waals surface area (Å²) >= 11 is 0. The summed E-state index contributed by atoms with van der Waals surface area (Å²) in [4.78, 5) is 2.15. The molecule has 0 saturated carbocycles. The van der Waals surface area contributed by atoms with Crippen molar-refractivity contribution < 1.29 is 12.6 Å². The summed E-state index contributed by atoms with van der Waals surface area (Å²) in [6.45, 7) is 4.12. The van der Waals surface area contributed by atoms with Crippen molar-refractivity contribution in [1.82, 2.24) is 4.90 Å². The molecular formula is C17H33NO3S. The second-order valence-corrected chi connectivity index (χ2v) is 8.74. The molecule has 0 aromatic rings. The minimum atomic E-state index is -3.34. The number of hydrogen-bond acceptors (Lipinski definition) is 4. The fourth-order valence-corrected chi connectivity index (χ4v) is 4.97. The molecule has 0 aromatic heterocycles. The number of hydrogen-bond donors (Lipinski definition) is 0. The molecule has 0 radical (unpaired) electrons. The fraction of sp³-hybridized carbons (Fsp3) is 1.00. The second-order valence-electron chi connectivity index (χ2n) is 6.90. The molecular weight excluding hydrogens is 298 g/mol. The van der Waals surface area contributed by atoms with Gasteiger partial charge in [0.15, 0.2) is 0 Å². The molecule has 0 amide bonds. The van der Waals surface area contributed by atoms with Gasteiger partial charge in [0.1, 0.15) is 6.23 Å². The Hall–Kier alpha value is -0.130. The highest BCUT2D eigenvalue weighted by Crippen LogP contribution is 2.29. The Morgan fingerprint density at radius 2 is 1.50 bits per heavy atom. The van der Waals surface area contributed by atoms with Crippen LogP contribution in [0.4, 0.5) is 0 Å². The molecule has 0 aliphatic carbocycles. The molecule has 2 heterocycles. The van der Waals surface area contributed by atoms with Crippen LogP contribution in [0.15, 0.2) is 0 Å². The minimum absolute atomic E-state index is 0.155.